The second-order valence-electron chi connectivity index (χ2n) is 5.75. The molecule has 0 saturated heterocycles. The maximum atomic E-state index is 11.1. The van der Waals surface area contributed by atoms with Crippen molar-refractivity contribution < 1.29 is 9.90 Å². The van der Waals surface area contributed by atoms with Crippen LogP contribution in [0, 0.1) is 11.8 Å². The molecule has 1 unspecified atom stereocenters. The number of carboxylic acid groups (broad SMARTS) is 1. The van der Waals surface area contributed by atoms with Gasteiger partial charge in [-0.05, 0) is 26.4 Å². The number of rotatable bonds is 9. The number of hydrogen-bond acceptors (Lipinski definition) is 5. The smallest absolute Gasteiger partial charge is 0.307 e. The van der Waals surface area contributed by atoms with Crippen molar-refractivity contribution in [3.05, 3.63) is 16.1 Å². The first-order valence-corrected chi connectivity index (χ1v) is 7.72. The van der Waals surface area contributed by atoms with Crippen LogP contribution < -0.4 is 5.32 Å². The largest absolute Gasteiger partial charge is 0.481 e. The third-order valence-electron chi connectivity index (χ3n) is 2.85. The standard InChI is InChI=1S/C14H25N3O2S/c1-10(2)5-11(14(18)19)6-15-8-13-16-7-12(20-13)9-17(3)4/h7,10-11,15H,5-6,8-9H2,1-4H3,(H,18,19). The van der Waals surface area contributed by atoms with Crippen LogP contribution in [0.1, 0.15) is 30.2 Å². The number of carboxylic acids is 1. The molecule has 1 atom stereocenters. The van der Waals surface area contributed by atoms with Gasteiger partial charge in [-0.25, -0.2) is 4.98 Å². The fourth-order valence-corrected chi connectivity index (χ4v) is 3.02. The van der Waals surface area contributed by atoms with Gasteiger partial charge < -0.3 is 15.3 Å². The van der Waals surface area contributed by atoms with Crippen molar-refractivity contribution in [1.82, 2.24) is 15.2 Å². The van der Waals surface area contributed by atoms with Crippen molar-refractivity contribution in [2.75, 3.05) is 20.6 Å². The summed E-state index contributed by atoms with van der Waals surface area (Å²) in [6.07, 6.45) is 2.59. The van der Waals surface area contributed by atoms with Gasteiger partial charge in [-0.1, -0.05) is 13.8 Å². The molecule has 0 aliphatic rings. The first-order chi connectivity index (χ1) is 9.38. The Kier molecular flexibility index (Phi) is 7.12. The summed E-state index contributed by atoms with van der Waals surface area (Å²) in [7, 11) is 4.06. The highest BCUT2D eigenvalue weighted by Crippen LogP contribution is 2.15. The molecule has 0 spiro atoms. The minimum Gasteiger partial charge on any atom is -0.481 e. The Hall–Kier alpha value is -0.980. The summed E-state index contributed by atoms with van der Waals surface area (Å²) >= 11 is 1.67. The molecular formula is C14H25N3O2S. The fraction of sp³-hybridized carbons (Fsp3) is 0.714. The van der Waals surface area contributed by atoms with E-state index in [0.29, 0.717) is 25.4 Å². The summed E-state index contributed by atoms with van der Waals surface area (Å²) in [5.41, 5.74) is 0. The first kappa shape index (κ1) is 17.1. The summed E-state index contributed by atoms with van der Waals surface area (Å²) in [4.78, 5) is 18.8. The monoisotopic (exact) mass is 299 g/mol. The van der Waals surface area contributed by atoms with Crippen LogP contribution in [0.4, 0.5) is 0 Å². The van der Waals surface area contributed by atoms with E-state index in [4.69, 9.17) is 5.11 Å². The number of nitrogens with one attached hydrogen (secondary N) is 1. The lowest BCUT2D eigenvalue weighted by molar-refractivity contribution is -0.142. The summed E-state index contributed by atoms with van der Waals surface area (Å²) in [6, 6.07) is 0. The minimum absolute atomic E-state index is 0.323. The van der Waals surface area contributed by atoms with E-state index in [-0.39, 0.29) is 5.92 Å². The van der Waals surface area contributed by atoms with E-state index >= 15 is 0 Å². The molecule has 1 aromatic rings. The van der Waals surface area contributed by atoms with Gasteiger partial charge in [-0.2, -0.15) is 0 Å². The van der Waals surface area contributed by atoms with Crippen LogP contribution in [0.5, 0.6) is 0 Å². The number of hydrogen-bond donors (Lipinski definition) is 2. The lowest BCUT2D eigenvalue weighted by Crippen LogP contribution is -2.29. The molecule has 0 aromatic carbocycles. The van der Waals surface area contributed by atoms with E-state index in [2.05, 4.69) is 15.2 Å². The van der Waals surface area contributed by atoms with Gasteiger partial charge in [0.25, 0.3) is 0 Å². The van der Waals surface area contributed by atoms with Crippen molar-refractivity contribution >= 4 is 17.3 Å². The predicted octanol–water partition coefficient (Wildman–Crippen LogP) is 2.04. The SMILES string of the molecule is CC(C)CC(CNCc1ncc(CN(C)C)s1)C(=O)O. The summed E-state index contributed by atoms with van der Waals surface area (Å²) in [6.45, 7) is 6.12. The highest BCUT2D eigenvalue weighted by Gasteiger charge is 2.18. The van der Waals surface area contributed by atoms with Crippen molar-refractivity contribution in [2.45, 2.75) is 33.4 Å². The molecular weight excluding hydrogens is 274 g/mol. The molecule has 0 aliphatic heterocycles. The van der Waals surface area contributed by atoms with Gasteiger partial charge in [0.15, 0.2) is 0 Å². The number of carbonyl (C=O) groups is 1. The zero-order valence-electron chi connectivity index (χ0n) is 12.7. The van der Waals surface area contributed by atoms with Crippen molar-refractivity contribution in [1.29, 1.82) is 0 Å². The molecule has 0 aliphatic carbocycles. The third kappa shape index (κ3) is 6.45. The summed E-state index contributed by atoms with van der Waals surface area (Å²) < 4.78 is 0. The Morgan fingerprint density at radius 2 is 2.20 bits per heavy atom. The van der Waals surface area contributed by atoms with Crippen molar-refractivity contribution in [2.24, 2.45) is 11.8 Å². The summed E-state index contributed by atoms with van der Waals surface area (Å²) in [5, 5.41) is 13.4. The molecule has 20 heavy (non-hydrogen) atoms. The van der Waals surface area contributed by atoms with E-state index in [0.717, 1.165) is 11.6 Å². The molecule has 5 nitrogen and oxygen atoms in total. The Morgan fingerprint density at radius 3 is 2.75 bits per heavy atom. The van der Waals surface area contributed by atoms with E-state index < -0.39 is 5.97 Å². The number of thiazole rings is 1. The van der Waals surface area contributed by atoms with Crippen molar-refractivity contribution in [3.8, 4) is 0 Å². The van der Waals surface area contributed by atoms with E-state index in [1.807, 2.05) is 34.1 Å². The van der Waals surface area contributed by atoms with E-state index in [1.54, 1.807) is 11.3 Å². The Balaban J connectivity index is 2.38. The zero-order chi connectivity index (χ0) is 15.1. The molecule has 0 fully saturated rings. The van der Waals surface area contributed by atoms with Crippen LogP contribution in [-0.2, 0) is 17.9 Å². The first-order valence-electron chi connectivity index (χ1n) is 6.90. The fourth-order valence-electron chi connectivity index (χ4n) is 2.01. The van der Waals surface area contributed by atoms with Gasteiger partial charge in [0.1, 0.15) is 5.01 Å². The molecule has 0 radical (unpaired) electrons. The van der Waals surface area contributed by atoms with Crippen molar-refractivity contribution in [3.63, 3.8) is 0 Å². The lowest BCUT2D eigenvalue weighted by atomic mass is 9.97. The maximum Gasteiger partial charge on any atom is 0.307 e. The second kappa shape index (κ2) is 8.34. The average Bonchev–Trinajstić information content (AvgIpc) is 2.73. The quantitative estimate of drug-likeness (QED) is 0.730. The molecule has 6 heteroatoms. The van der Waals surface area contributed by atoms with Crippen LogP contribution >= 0.6 is 11.3 Å². The number of aromatic nitrogens is 1. The highest BCUT2D eigenvalue weighted by atomic mass is 32.1. The molecule has 1 aromatic heterocycles. The van der Waals surface area contributed by atoms with Gasteiger partial charge in [0.2, 0.25) is 0 Å². The minimum atomic E-state index is -0.723. The molecule has 1 rings (SSSR count). The van der Waals surface area contributed by atoms with Gasteiger partial charge in [-0.15, -0.1) is 11.3 Å². The Bertz CT molecular complexity index is 418. The normalized spacial score (nSPS) is 13.1. The summed E-state index contributed by atoms with van der Waals surface area (Å²) in [5.74, 6) is -0.653. The van der Waals surface area contributed by atoms with Crippen LogP contribution in [0.15, 0.2) is 6.20 Å². The zero-order valence-corrected chi connectivity index (χ0v) is 13.5. The van der Waals surface area contributed by atoms with Gasteiger partial charge >= 0.3 is 5.97 Å². The van der Waals surface area contributed by atoms with Crippen LogP contribution in [0.25, 0.3) is 0 Å². The second-order valence-corrected chi connectivity index (χ2v) is 6.95. The van der Waals surface area contributed by atoms with Crippen LogP contribution in [0.2, 0.25) is 0 Å². The average molecular weight is 299 g/mol. The van der Waals surface area contributed by atoms with E-state index in [9.17, 15) is 4.79 Å². The maximum absolute atomic E-state index is 11.1. The van der Waals surface area contributed by atoms with Crippen LogP contribution in [0.3, 0.4) is 0 Å². The Morgan fingerprint density at radius 1 is 1.50 bits per heavy atom. The number of aliphatic carboxylic acids is 1. The molecule has 2 N–H and O–H groups in total. The molecule has 114 valence electrons. The van der Waals surface area contributed by atoms with Gasteiger partial charge in [-0.3, -0.25) is 4.79 Å². The molecule has 0 bridgehead atoms. The van der Waals surface area contributed by atoms with Gasteiger partial charge in [0.05, 0.1) is 5.92 Å². The lowest BCUT2D eigenvalue weighted by Gasteiger charge is -2.14. The topological polar surface area (TPSA) is 65.5 Å². The number of nitrogens with zero attached hydrogens (tertiary/aromatic N) is 2. The highest BCUT2D eigenvalue weighted by molar-refractivity contribution is 7.11. The third-order valence-corrected chi connectivity index (χ3v) is 3.83. The molecule has 0 amide bonds. The van der Waals surface area contributed by atoms with Gasteiger partial charge in [0, 0.05) is 30.7 Å². The molecule has 1 heterocycles. The van der Waals surface area contributed by atoms with Crippen LogP contribution in [-0.4, -0.2) is 41.6 Å². The van der Waals surface area contributed by atoms with E-state index in [1.165, 1.54) is 4.88 Å². The molecule has 0 saturated carbocycles. The Labute approximate surface area is 125 Å². The predicted molar refractivity (Wildman–Crippen MR) is 81.8 cm³/mol.